The predicted octanol–water partition coefficient (Wildman–Crippen LogP) is 4.10. The molecule has 230 valence electrons. The molecule has 0 saturated carbocycles. The number of aliphatic hydroxyl groups is 1. The number of benzene rings is 3. The van der Waals surface area contributed by atoms with Crippen LogP contribution in [0.2, 0.25) is 0 Å². The fourth-order valence-electron chi connectivity index (χ4n) is 5.30. The maximum absolute atomic E-state index is 14.4. The molecule has 0 radical (unpaired) electrons. The maximum Gasteiger partial charge on any atom is 0.334 e. The number of carboxylic acids is 1. The van der Waals surface area contributed by atoms with Crippen LogP contribution in [0.5, 0.6) is 5.75 Å². The second kappa shape index (κ2) is 14.0. The Balaban J connectivity index is 1.86. The third-order valence-corrected chi connectivity index (χ3v) is 7.38. The second-order valence-electron chi connectivity index (χ2n) is 11.0. The minimum atomic E-state index is -2.03. The van der Waals surface area contributed by atoms with Crippen LogP contribution in [-0.2, 0) is 32.2 Å². The van der Waals surface area contributed by atoms with Gasteiger partial charge in [0.15, 0.2) is 6.10 Å². The van der Waals surface area contributed by atoms with Gasteiger partial charge >= 0.3 is 5.97 Å². The molecule has 0 fully saturated rings. The third-order valence-electron chi connectivity index (χ3n) is 7.38. The van der Waals surface area contributed by atoms with Crippen LogP contribution in [0.4, 0.5) is 0 Å². The zero-order chi connectivity index (χ0) is 32.0. The number of carbonyl (C=O) groups is 4. The quantitative estimate of drug-likeness (QED) is 0.340. The number of aliphatic carboxylic acids is 1. The minimum Gasteiger partial charge on any atom is -0.489 e. The van der Waals surface area contributed by atoms with Crippen molar-refractivity contribution in [2.45, 2.75) is 58.9 Å². The maximum atomic E-state index is 14.4. The molecule has 3 aromatic carbocycles. The first kappa shape index (κ1) is 32.0. The minimum absolute atomic E-state index is 0.0616. The molecular weight excluding hydrogens is 562 g/mol. The lowest BCUT2D eigenvalue weighted by molar-refractivity contribution is -0.175. The van der Waals surface area contributed by atoms with Crippen molar-refractivity contribution in [1.82, 2.24) is 14.9 Å². The third kappa shape index (κ3) is 7.15. The molecule has 3 atom stereocenters. The van der Waals surface area contributed by atoms with Crippen LogP contribution in [-0.4, -0.2) is 67.0 Å². The Bertz CT molecular complexity index is 1520. The van der Waals surface area contributed by atoms with E-state index >= 15 is 0 Å². The number of rotatable bonds is 11. The van der Waals surface area contributed by atoms with Crippen LogP contribution in [0.3, 0.4) is 0 Å². The topological polar surface area (TPSA) is 128 Å². The van der Waals surface area contributed by atoms with E-state index < -0.39 is 36.0 Å². The van der Waals surface area contributed by atoms with Crippen molar-refractivity contribution in [2.24, 2.45) is 5.92 Å². The van der Waals surface area contributed by atoms with Crippen molar-refractivity contribution in [3.05, 3.63) is 108 Å². The van der Waals surface area contributed by atoms with Crippen LogP contribution >= 0.6 is 0 Å². The van der Waals surface area contributed by atoms with Gasteiger partial charge in [0, 0.05) is 25.6 Å². The molecule has 0 saturated heterocycles. The molecule has 3 amide bonds. The molecule has 1 aliphatic heterocycles. The largest absolute Gasteiger partial charge is 0.489 e. The summed E-state index contributed by atoms with van der Waals surface area (Å²) in [7, 11) is 0. The van der Waals surface area contributed by atoms with Crippen molar-refractivity contribution in [3.63, 3.8) is 0 Å². The number of carbonyl (C=O) groups excluding carboxylic acids is 3. The average Bonchev–Trinajstić information content (AvgIpc) is 3.00. The van der Waals surface area contributed by atoms with Crippen molar-refractivity contribution < 1.29 is 34.1 Å². The average molecular weight is 600 g/mol. The normalized spacial score (nSPS) is 16.3. The van der Waals surface area contributed by atoms with Crippen molar-refractivity contribution in [3.8, 4) is 5.75 Å². The molecule has 1 aliphatic rings. The number of amides is 3. The first-order valence-electron chi connectivity index (χ1n) is 14.4. The number of hydrogen-bond donors (Lipinski definition) is 2. The van der Waals surface area contributed by atoms with Crippen molar-refractivity contribution in [2.75, 3.05) is 0 Å². The van der Waals surface area contributed by atoms with Gasteiger partial charge in [0.1, 0.15) is 18.4 Å². The van der Waals surface area contributed by atoms with E-state index in [4.69, 9.17) is 4.74 Å². The molecular formula is C34H37N3O7. The molecule has 0 bridgehead atoms. The lowest BCUT2D eigenvalue weighted by atomic mass is 9.96. The van der Waals surface area contributed by atoms with Gasteiger partial charge in [0.25, 0.3) is 5.91 Å². The number of nitrogens with zero attached hydrogens (tertiary/aromatic N) is 3. The van der Waals surface area contributed by atoms with Crippen molar-refractivity contribution >= 4 is 29.4 Å². The Morgan fingerprint density at radius 1 is 0.909 bits per heavy atom. The monoisotopic (exact) mass is 599 g/mol. The summed E-state index contributed by atoms with van der Waals surface area (Å²) in [5.41, 5.74) is 2.19. The molecule has 0 aliphatic carbocycles. The molecule has 0 spiro atoms. The lowest BCUT2D eigenvalue weighted by Crippen LogP contribution is -2.64. The van der Waals surface area contributed by atoms with Gasteiger partial charge in [-0.25, -0.2) is 14.8 Å². The highest BCUT2D eigenvalue weighted by Gasteiger charge is 2.46. The Morgan fingerprint density at radius 3 is 2.07 bits per heavy atom. The van der Waals surface area contributed by atoms with Gasteiger partial charge in [-0.3, -0.25) is 14.4 Å². The van der Waals surface area contributed by atoms with E-state index in [9.17, 15) is 29.4 Å². The Kier molecular flexibility index (Phi) is 10.2. The van der Waals surface area contributed by atoms with Gasteiger partial charge in [0.05, 0.1) is 11.7 Å². The summed E-state index contributed by atoms with van der Waals surface area (Å²) < 4.78 is 6.01. The summed E-state index contributed by atoms with van der Waals surface area (Å²) >= 11 is 0. The summed E-state index contributed by atoms with van der Waals surface area (Å²) in [4.78, 5) is 54.1. The van der Waals surface area contributed by atoms with E-state index in [1.54, 1.807) is 68.4 Å². The van der Waals surface area contributed by atoms with E-state index in [-0.39, 0.29) is 30.5 Å². The molecule has 0 aromatic heterocycles. The first-order valence-corrected chi connectivity index (χ1v) is 14.4. The molecule has 44 heavy (non-hydrogen) atoms. The van der Waals surface area contributed by atoms with Gasteiger partial charge in [-0.2, -0.15) is 0 Å². The highest BCUT2D eigenvalue weighted by Crippen LogP contribution is 2.35. The summed E-state index contributed by atoms with van der Waals surface area (Å²) in [6, 6.07) is 22.9. The van der Waals surface area contributed by atoms with Crippen LogP contribution in [0.25, 0.3) is 5.70 Å². The van der Waals surface area contributed by atoms with E-state index in [1.165, 1.54) is 24.9 Å². The number of ether oxygens (including phenoxy) is 1. The summed E-state index contributed by atoms with van der Waals surface area (Å²) in [6.45, 7) is 6.39. The molecule has 2 N–H and O–H groups in total. The van der Waals surface area contributed by atoms with Gasteiger partial charge in [-0.15, -0.1) is 0 Å². The van der Waals surface area contributed by atoms with Gasteiger partial charge in [-0.05, 0) is 35.6 Å². The fraction of sp³-hybridized carbons (Fsp3) is 0.294. The van der Waals surface area contributed by atoms with E-state index in [1.807, 2.05) is 30.3 Å². The van der Waals surface area contributed by atoms with E-state index in [0.717, 1.165) is 15.6 Å². The fourth-order valence-corrected chi connectivity index (χ4v) is 5.30. The summed E-state index contributed by atoms with van der Waals surface area (Å²) in [5.74, 6) is -3.10. The lowest BCUT2D eigenvalue weighted by Gasteiger charge is -2.47. The molecule has 1 heterocycles. The molecule has 10 nitrogen and oxygen atoms in total. The van der Waals surface area contributed by atoms with Gasteiger partial charge in [0.2, 0.25) is 11.8 Å². The molecule has 10 heteroatoms. The standard InChI is InChI=1S/C34H37N3O7/c1-22(2)31-33(41)37(36(24(4)39)29(32(40)34(42)43)18-25-12-7-5-8-13-25)30(20-35(31)23(3)38)27-16-11-17-28(19-27)44-21-26-14-9-6-10-15-26/h5-17,19-20,22,29,31-32,40H,18,21H2,1-4H3,(H,42,43)/t29-,31+,32?/m0/s1. The van der Waals surface area contributed by atoms with Crippen LogP contribution in [0.1, 0.15) is 44.4 Å². The zero-order valence-electron chi connectivity index (χ0n) is 25.2. The summed E-state index contributed by atoms with van der Waals surface area (Å²) in [6.07, 6.45) is -0.599. The number of hydrogen-bond acceptors (Lipinski definition) is 6. The Labute approximate surface area is 256 Å². The summed E-state index contributed by atoms with van der Waals surface area (Å²) in [5, 5.41) is 22.9. The second-order valence-corrected chi connectivity index (χ2v) is 11.0. The highest BCUT2D eigenvalue weighted by molar-refractivity contribution is 5.98. The van der Waals surface area contributed by atoms with E-state index in [0.29, 0.717) is 16.9 Å². The van der Waals surface area contributed by atoms with Crippen LogP contribution in [0, 0.1) is 5.92 Å². The van der Waals surface area contributed by atoms with Crippen molar-refractivity contribution in [1.29, 1.82) is 0 Å². The molecule has 3 aromatic rings. The molecule has 1 unspecified atom stereocenters. The zero-order valence-corrected chi connectivity index (χ0v) is 25.2. The van der Waals surface area contributed by atoms with Gasteiger partial charge in [-0.1, -0.05) is 86.6 Å². The SMILES string of the molecule is CC(=O)N1C=C(c2cccc(OCc3ccccc3)c2)N(N(C(C)=O)[C@@H](Cc2ccccc2)C(O)C(=O)O)C(=O)[C@H]1C(C)C. The first-order chi connectivity index (χ1) is 21.0. The van der Waals surface area contributed by atoms with E-state index in [2.05, 4.69) is 0 Å². The Hall–Kier alpha value is -4.96. The predicted molar refractivity (Wildman–Crippen MR) is 163 cm³/mol. The molecule has 4 rings (SSSR count). The Morgan fingerprint density at radius 2 is 1.52 bits per heavy atom. The van der Waals surface area contributed by atoms with Gasteiger partial charge < -0.3 is 19.8 Å². The van der Waals surface area contributed by atoms with Crippen LogP contribution in [0.15, 0.2) is 91.1 Å². The number of hydrazine groups is 1. The van der Waals surface area contributed by atoms with Crippen LogP contribution < -0.4 is 4.74 Å². The smallest absolute Gasteiger partial charge is 0.334 e. The highest BCUT2D eigenvalue weighted by atomic mass is 16.5. The number of aliphatic hydroxyl groups excluding tert-OH is 1. The number of carboxylic acid groups (broad SMARTS) is 1.